The molecule has 2 atom stereocenters. The molecule has 0 aliphatic carbocycles. The number of rotatable bonds is 70. The van der Waals surface area contributed by atoms with Gasteiger partial charge in [0.25, 0.3) is 6.29 Å². The van der Waals surface area contributed by atoms with E-state index in [-0.39, 0.29) is 32.2 Å². The first-order chi connectivity index (χ1) is 43.6. The van der Waals surface area contributed by atoms with E-state index in [1.165, 1.54) is 231 Å². The molecule has 0 saturated carbocycles. The molecule has 9 heteroatoms. The molecule has 9 nitrogen and oxygen atoms in total. The largest absolute Gasteiger partial charge is 0.477 e. The van der Waals surface area contributed by atoms with E-state index in [1.807, 2.05) is 21.1 Å². The van der Waals surface area contributed by atoms with Crippen molar-refractivity contribution in [1.82, 2.24) is 0 Å². The lowest BCUT2D eigenvalue weighted by atomic mass is 10.0. The minimum absolute atomic E-state index is 0.185. The molecule has 516 valence electrons. The molecule has 0 bridgehead atoms. The number of carboxylic acids is 1. The number of unbranched alkanes of at least 4 members (excludes halogenated alkanes) is 41. The van der Waals surface area contributed by atoms with Gasteiger partial charge in [-0.15, -0.1) is 0 Å². The number of carboxylic acid groups (broad SMARTS) is 1. The highest BCUT2D eigenvalue weighted by molar-refractivity contribution is 5.71. The molecular formula is C80H144NO8+. The molecule has 0 aliphatic heterocycles. The predicted octanol–water partition coefficient (Wildman–Crippen LogP) is 23.8. The van der Waals surface area contributed by atoms with Crippen molar-refractivity contribution in [1.29, 1.82) is 0 Å². The standard InChI is InChI=1S/C80H143NO8/c1-6-8-10-12-14-16-18-20-22-24-26-28-30-31-32-33-34-35-36-37-38-39-40-41-42-43-44-45-46-47-49-51-53-55-57-59-61-63-65-67-69-71-78(83)89-76(75-88-80(79(84)85)86-73-72-81(3,4)5)74-87-77(82)70-68-66-64-62-60-58-56-54-52-50-48-29-27-25-23-21-19-17-15-13-11-9-7-2/h8,10,14,16,19-22,25-28,48,50,76,80H,6-7,9,11-13,15,17-18,23-24,29-47,49,51-75H2,1-5H3/p+1/b10-8-,16-14-,21-19-,22-20-,27-25-,28-26-,50-48-. The summed E-state index contributed by atoms with van der Waals surface area (Å²) in [4.78, 5) is 37.6. The first kappa shape index (κ1) is 85.5. The van der Waals surface area contributed by atoms with Gasteiger partial charge in [-0.05, 0) is 89.9 Å². The Labute approximate surface area is 550 Å². The van der Waals surface area contributed by atoms with Crippen LogP contribution in [0.4, 0.5) is 0 Å². The van der Waals surface area contributed by atoms with E-state index in [4.69, 9.17) is 18.9 Å². The molecule has 0 spiro atoms. The van der Waals surface area contributed by atoms with Gasteiger partial charge in [-0.2, -0.15) is 0 Å². The zero-order chi connectivity index (χ0) is 64.7. The number of carbonyl (C=O) groups is 3. The summed E-state index contributed by atoms with van der Waals surface area (Å²) >= 11 is 0. The van der Waals surface area contributed by atoms with Gasteiger partial charge in [0.15, 0.2) is 6.10 Å². The molecule has 0 heterocycles. The topological polar surface area (TPSA) is 108 Å². The lowest BCUT2D eigenvalue weighted by Gasteiger charge is -2.25. The lowest BCUT2D eigenvalue weighted by Crippen LogP contribution is -2.40. The highest BCUT2D eigenvalue weighted by Crippen LogP contribution is 2.19. The second-order valence-electron chi connectivity index (χ2n) is 26.6. The number of carbonyl (C=O) groups excluding carboxylic acids is 2. The Morgan fingerprint density at radius 3 is 0.955 bits per heavy atom. The van der Waals surface area contributed by atoms with Gasteiger partial charge < -0.3 is 28.5 Å². The summed E-state index contributed by atoms with van der Waals surface area (Å²) in [6.07, 6.45) is 93.0. The van der Waals surface area contributed by atoms with Crippen molar-refractivity contribution in [3.05, 3.63) is 85.1 Å². The molecule has 0 aromatic heterocycles. The Morgan fingerprint density at radius 2 is 0.640 bits per heavy atom. The molecule has 0 fully saturated rings. The zero-order valence-corrected chi connectivity index (χ0v) is 59.1. The number of aliphatic carboxylic acids is 1. The van der Waals surface area contributed by atoms with Crippen LogP contribution in [0.5, 0.6) is 0 Å². The third kappa shape index (κ3) is 71.8. The minimum Gasteiger partial charge on any atom is -0.477 e. The van der Waals surface area contributed by atoms with Gasteiger partial charge in [-0.3, -0.25) is 9.59 Å². The van der Waals surface area contributed by atoms with Gasteiger partial charge in [0.1, 0.15) is 13.2 Å². The molecule has 0 aromatic carbocycles. The van der Waals surface area contributed by atoms with Crippen molar-refractivity contribution in [3.63, 3.8) is 0 Å². The summed E-state index contributed by atoms with van der Waals surface area (Å²) in [7, 11) is 5.98. The monoisotopic (exact) mass is 1250 g/mol. The third-order valence-electron chi connectivity index (χ3n) is 16.6. The number of ether oxygens (including phenoxy) is 4. The summed E-state index contributed by atoms with van der Waals surface area (Å²) in [5.41, 5.74) is 0. The molecule has 0 aromatic rings. The first-order valence-electron chi connectivity index (χ1n) is 37.8. The van der Waals surface area contributed by atoms with Crippen LogP contribution >= 0.6 is 0 Å². The predicted molar refractivity (Wildman–Crippen MR) is 382 cm³/mol. The number of esters is 2. The average Bonchev–Trinajstić information content (AvgIpc) is 3.64. The summed E-state index contributed by atoms with van der Waals surface area (Å²) in [5.74, 6) is -2.00. The van der Waals surface area contributed by atoms with Gasteiger partial charge in [0, 0.05) is 12.8 Å². The van der Waals surface area contributed by atoms with Crippen LogP contribution in [0.25, 0.3) is 0 Å². The molecule has 2 unspecified atom stereocenters. The van der Waals surface area contributed by atoms with Crippen LogP contribution in [0, 0.1) is 0 Å². The van der Waals surface area contributed by atoms with Gasteiger partial charge in [0.05, 0.1) is 34.4 Å². The van der Waals surface area contributed by atoms with Crippen molar-refractivity contribution in [2.45, 2.75) is 360 Å². The summed E-state index contributed by atoms with van der Waals surface area (Å²) in [6.45, 7) is 4.79. The van der Waals surface area contributed by atoms with E-state index in [2.05, 4.69) is 98.9 Å². The smallest absolute Gasteiger partial charge is 0.361 e. The van der Waals surface area contributed by atoms with Crippen molar-refractivity contribution >= 4 is 17.9 Å². The van der Waals surface area contributed by atoms with Crippen LogP contribution in [-0.2, 0) is 33.3 Å². The maximum absolute atomic E-state index is 13.0. The Bertz CT molecular complexity index is 1740. The first-order valence-corrected chi connectivity index (χ1v) is 37.8. The van der Waals surface area contributed by atoms with Crippen LogP contribution in [0.2, 0.25) is 0 Å². The van der Waals surface area contributed by atoms with Crippen molar-refractivity contribution in [2.75, 3.05) is 47.5 Å². The molecule has 0 aliphatic rings. The van der Waals surface area contributed by atoms with E-state index in [0.717, 1.165) is 89.9 Å². The van der Waals surface area contributed by atoms with E-state index in [0.29, 0.717) is 17.4 Å². The van der Waals surface area contributed by atoms with Gasteiger partial charge >= 0.3 is 17.9 Å². The van der Waals surface area contributed by atoms with Crippen molar-refractivity contribution in [2.24, 2.45) is 0 Å². The van der Waals surface area contributed by atoms with E-state index >= 15 is 0 Å². The molecular weight excluding hydrogens is 1100 g/mol. The molecule has 0 rings (SSSR count). The highest BCUT2D eigenvalue weighted by atomic mass is 16.7. The highest BCUT2D eigenvalue weighted by Gasteiger charge is 2.25. The van der Waals surface area contributed by atoms with E-state index in [1.54, 1.807) is 0 Å². The van der Waals surface area contributed by atoms with Crippen LogP contribution in [0.15, 0.2) is 85.1 Å². The zero-order valence-electron chi connectivity index (χ0n) is 59.1. The Balaban J connectivity index is 3.97. The van der Waals surface area contributed by atoms with E-state index in [9.17, 15) is 19.5 Å². The van der Waals surface area contributed by atoms with Crippen LogP contribution in [0.1, 0.15) is 348 Å². The summed E-state index contributed by atoms with van der Waals surface area (Å²) in [5, 5.41) is 9.75. The van der Waals surface area contributed by atoms with Crippen molar-refractivity contribution < 1.29 is 42.9 Å². The fourth-order valence-corrected chi connectivity index (χ4v) is 10.9. The number of hydrogen-bond donors (Lipinski definition) is 1. The Hall–Kier alpha value is -3.53. The SMILES string of the molecule is CC/C=C\C/C=C\C/C=C\C/C=C\CCCCCCCCCCCCCCCCCCCCCCCCCCCCCCC(=O)OC(COC(=O)CCCCCCCCCC/C=C\C/C=C\C/C=C\CCCCCCC)COC(OCC[N+](C)(C)C)C(=O)O. The molecule has 0 saturated heterocycles. The fraction of sp³-hybridized carbons (Fsp3) is 0.787. The Morgan fingerprint density at radius 1 is 0.348 bits per heavy atom. The van der Waals surface area contributed by atoms with Gasteiger partial charge in [-0.1, -0.05) is 330 Å². The number of allylic oxidation sites excluding steroid dienone is 14. The van der Waals surface area contributed by atoms with Crippen molar-refractivity contribution in [3.8, 4) is 0 Å². The molecule has 0 amide bonds. The second kappa shape index (κ2) is 70.3. The molecule has 1 N–H and O–H groups in total. The van der Waals surface area contributed by atoms with Crippen LogP contribution < -0.4 is 0 Å². The minimum atomic E-state index is -1.51. The normalized spacial score (nSPS) is 13.1. The second-order valence-corrected chi connectivity index (χ2v) is 26.6. The molecule has 89 heavy (non-hydrogen) atoms. The fourth-order valence-electron chi connectivity index (χ4n) is 10.9. The van der Waals surface area contributed by atoms with Gasteiger partial charge in [0.2, 0.25) is 0 Å². The van der Waals surface area contributed by atoms with Crippen LogP contribution in [-0.4, -0.2) is 87.4 Å². The van der Waals surface area contributed by atoms with Gasteiger partial charge in [-0.25, -0.2) is 4.79 Å². The number of likely N-dealkylation sites (N-methyl/N-ethyl adjacent to an activating group) is 1. The van der Waals surface area contributed by atoms with Crippen LogP contribution in [0.3, 0.4) is 0 Å². The summed E-state index contributed by atoms with van der Waals surface area (Å²) < 4.78 is 23.0. The third-order valence-corrected chi connectivity index (χ3v) is 16.6. The number of hydrogen-bond acceptors (Lipinski definition) is 7. The maximum atomic E-state index is 13.0. The number of quaternary nitrogens is 1. The summed E-state index contributed by atoms with van der Waals surface area (Å²) in [6, 6.07) is 0. The maximum Gasteiger partial charge on any atom is 0.361 e. The Kier molecular flexibility index (Phi) is 67.6. The molecule has 0 radical (unpaired) electrons. The lowest BCUT2D eigenvalue weighted by molar-refractivity contribution is -0.870. The van der Waals surface area contributed by atoms with E-state index < -0.39 is 24.3 Å². The quantitative estimate of drug-likeness (QED) is 0.0211. The number of nitrogens with zero attached hydrogens (tertiary/aromatic N) is 1. The average molecular weight is 1250 g/mol.